The first-order valence-electron chi connectivity index (χ1n) is 7.96. The van der Waals surface area contributed by atoms with E-state index in [9.17, 15) is 14.7 Å². The van der Waals surface area contributed by atoms with Crippen LogP contribution in [0, 0.1) is 5.92 Å². The average molecular weight is 314 g/mol. The molecule has 2 aliphatic rings. The molecule has 2 rings (SSSR count). The highest BCUT2D eigenvalue weighted by molar-refractivity contribution is 8.00. The summed E-state index contributed by atoms with van der Waals surface area (Å²) >= 11 is 1.91. The SMILES string of the molecule is CCC1CCN(C(=O)N2CCSC(CC)C2)C(C(=O)O)C1. The van der Waals surface area contributed by atoms with E-state index in [2.05, 4.69) is 13.8 Å². The Morgan fingerprint density at radius 3 is 2.62 bits per heavy atom. The topological polar surface area (TPSA) is 60.9 Å². The zero-order valence-corrected chi connectivity index (χ0v) is 13.8. The number of carboxylic acid groups (broad SMARTS) is 1. The second-order valence-electron chi connectivity index (χ2n) is 5.98. The Kier molecular flexibility index (Phi) is 5.79. The molecular formula is C15H26N2O3S. The lowest BCUT2D eigenvalue weighted by atomic mass is 9.89. The van der Waals surface area contributed by atoms with Crippen molar-refractivity contribution in [2.45, 2.75) is 50.8 Å². The number of carboxylic acids is 1. The normalized spacial score (nSPS) is 30.3. The van der Waals surface area contributed by atoms with Crippen molar-refractivity contribution >= 4 is 23.8 Å². The fraction of sp³-hybridized carbons (Fsp3) is 0.867. The molecule has 1 N–H and O–H groups in total. The predicted octanol–water partition coefficient (Wildman–Crippen LogP) is 2.51. The number of nitrogens with zero attached hydrogens (tertiary/aromatic N) is 2. The van der Waals surface area contributed by atoms with Crippen molar-refractivity contribution in [2.75, 3.05) is 25.4 Å². The number of hydrogen-bond donors (Lipinski definition) is 1. The second-order valence-corrected chi connectivity index (χ2v) is 7.38. The number of likely N-dealkylation sites (tertiary alicyclic amines) is 1. The van der Waals surface area contributed by atoms with Gasteiger partial charge in [-0.25, -0.2) is 9.59 Å². The van der Waals surface area contributed by atoms with Crippen LogP contribution >= 0.6 is 11.8 Å². The molecule has 2 amide bonds. The van der Waals surface area contributed by atoms with Gasteiger partial charge in [0.1, 0.15) is 6.04 Å². The van der Waals surface area contributed by atoms with Crippen molar-refractivity contribution < 1.29 is 14.7 Å². The van der Waals surface area contributed by atoms with E-state index in [-0.39, 0.29) is 6.03 Å². The van der Waals surface area contributed by atoms with Gasteiger partial charge in [-0.1, -0.05) is 20.3 Å². The van der Waals surface area contributed by atoms with Gasteiger partial charge in [0.2, 0.25) is 0 Å². The molecule has 0 spiro atoms. The van der Waals surface area contributed by atoms with Gasteiger partial charge in [0.25, 0.3) is 0 Å². The molecule has 0 saturated carbocycles. The van der Waals surface area contributed by atoms with Gasteiger partial charge in [0, 0.05) is 30.6 Å². The van der Waals surface area contributed by atoms with Crippen molar-refractivity contribution in [3.05, 3.63) is 0 Å². The van der Waals surface area contributed by atoms with Crippen molar-refractivity contribution in [3.63, 3.8) is 0 Å². The molecule has 0 aromatic heterocycles. The third-order valence-electron chi connectivity index (χ3n) is 4.68. The average Bonchev–Trinajstić information content (AvgIpc) is 2.53. The number of piperidine rings is 1. The third-order valence-corrected chi connectivity index (χ3v) is 6.06. The molecule has 0 aromatic rings. The summed E-state index contributed by atoms with van der Waals surface area (Å²) < 4.78 is 0. The van der Waals surface area contributed by atoms with Gasteiger partial charge in [-0.3, -0.25) is 0 Å². The van der Waals surface area contributed by atoms with E-state index in [0.717, 1.165) is 38.1 Å². The first kappa shape index (κ1) is 16.5. The largest absolute Gasteiger partial charge is 0.480 e. The van der Waals surface area contributed by atoms with Crippen LogP contribution in [0.4, 0.5) is 4.79 Å². The maximum absolute atomic E-state index is 12.7. The minimum absolute atomic E-state index is 0.0734. The monoisotopic (exact) mass is 314 g/mol. The first-order chi connectivity index (χ1) is 10.1. The van der Waals surface area contributed by atoms with Gasteiger partial charge in [0.05, 0.1) is 0 Å². The summed E-state index contributed by atoms with van der Waals surface area (Å²) in [6, 6.07) is -0.721. The summed E-state index contributed by atoms with van der Waals surface area (Å²) in [6.07, 6.45) is 3.56. The van der Waals surface area contributed by atoms with Gasteiger partial charge >= 0.3 is 12.0 Å². The Balaban J connectivity index is 2.04. The highest BCUT2D eigenvalue weighted by atomic mass is 32.2. The molecule has 3 unspecified atom stereocenters. The second kappa shape index (κ2) is 7.38. The standard InChI is InChI=1S/C15H26N2O3S/c1-3-11-5-6-17(13(9-11)14(18)19)15(20)16-7-8-21-12(4-2)10-16/h11-13H,3-10H2,1-2H3,(H,18,19). The maximum atomic E-state index is 12.7. The third kappa shape index (κ3) is 3.84. The number of carbonyl (C=O) groups is 2. The van der Waals surface area contributed by atoms with Crippen molar-refractivity contribution in [2.24, 2.45) is 5.92 Å². The quantitative estimate of drug-likeness (QED) is 0.869. The highest BCUT2D eigenvalue weighted by Crippen LogP contribution is 2.28. The van der Waals surface area contributed by atoms with Crippen LogP contribution in [0.2, 0.25) is 0 Å². The molecule has 3 atom stereocenters. The molecule has 0 aliphatic carbocycles. The van der Waals surface area contributed by atoms with E-state index in [4.69, 9.17) is 0 Å². The van der Waals surface area contributed by atoms with Gasteiger partial charge in [-0.15, -0.1) is 0 Å². The molecule has 2 fully saturated rings. The summed E-state index contributed by atoms with van der Waals surface area (Å²) in [5.74, 6) is 0.517. The molecule has 2 saturated heterocycles. The first-order valence-corrected chi connectivity index (χ1v) is 9.01. The zero-order chi connectivity index (χ0) is 15.4. The van der Waals surface area contributed by atoms with Crippen LogP contribution in [0.1, 0.15) is 39.5 Å². The van der Waals surface area contributed by atoms with Crippen LogP contribution in [0.15, 0.2) is 0 Å². The summed E-state index contributed by atoms with van der Waals surface area (Å²) in [5.41, 5.74) is 0. The number of rotatable bonds is 3. The Morgan fingerprint density at radius 1 is 1.24 bits per heavy atom. The van der Waals surface area contributed by atoms with Crippen LogP contribution < -0.4 is 0 Å². The van der Waals surface area contributed by atoms with Crippen molar-refractivity contribution in [1.82, 2.24) is 9.80 Å². The van der Waals surface area contributed by atoms with E-state index in [1.165, 1.54) is 0 Å². The minimum atomic E-state index is -0.861. The van der Waals surface area contributed by atoms with Crippen molar-refractivity contribution in [3.8, 4) is 0 Å². The molecule has 6 heteroatoms. The molecule has 0 radical (unpaired) electrons. The lowest BCUT2D eigenvalue weighted by molar-refractivity contribution is -0.144. The van der Waals surface area contributed by atoms with Crippen LogP contribution in [-0.4, -0.2) is 63.6 Å². The van der Waals surface area contributed by atoms with Crippen LogP contribution in [0.5, 0.6) is 0 Å². The lowest BCUT2D eigenvalue weighted by Crippen LogP contribution is -2.56. The molecular weight excluding hydrogens is 288 g/mol. The van der Waals surface area contributed by atoms with Gasteiger partial charge in [-0.05, 0) is 25.2 Å². The van der Waals surface area contributed by atoms with Crippen LogP contribution in [0.25, 0.3) is 0 Å². The summed E-state index contributed by atoms with van der Waals surface area (Å²) in [7, 11) is 0. The Morgan fingerprint density at radius 2 is 2.00 bits per heavy atom. The smallest absolute Gasteiger partial charge is 0.326 e. The number of carbonyl (C=O) groups excluding carboxylic acids is 1. The summed E-state index contributed by atoms with van der Waals surface area (Å²) in [4.78, 5) is 27.7. The maximum Gasteiger partial charge on any atom is 0.326 e. The highest BCUT2D eigenvalue weighted by Gasteiger charge is 2.38. The van der Waals surface area contributed by atoms with Crippen molar-refractivity contribution in [1.29, 1.82) is 0 Å². The minimum Gasteiger partial charge on any atom is -0.480 e. The number of thioether (sulfide) groups is 1. The summed E-state index contributed by atoms with van der Waals surface area (Å²) in [5, 5.41) is 9.94. The van der Waals surface area contributed by atoms with E-state index in [1.807, 2.05) is 16.7 Å². The molecule has 0 bridgehead atoms. The number of amides is 2. The molecule has 120 valence electrons. The lowest BCUT2D eigenvalue weighted by Gasteiger charge is -2.41. The number of hydrogen-bond acceptors (Lipinski definition) is 3. The summed E-state index contributed by atoms with van der Waals surface area (Å²) in [6.45, 7) is 6.29. The van der Waals surface area contributed by atoms with Crippen LogP contribution in [-0.2, 0) is 4.79 Å². The molecule has 5 nitrogen and oxygen atoms in total. The number of urea groups is 1. The zero-order valence-electron chi connectivity index (χ0n) is 13.0. The Bertz CT molecular complexity index is 391. The van der Waals surface area contributed by atoms with E-state index in [0.29, 0.717) is 24.1 Å². The molecule has 21 heavy (non-hydrogen) atoms. The predicted molar refractivity (Wildman–Crippen MR) is 84.7 cm³/mol. The van der Waals surface area contributed by atoms with Gasteiger partial charge in [0.15, 0.2) is 0 Å². The number of aliphatic carboxylic acids is 1. The van der Waals surface area contributed by atoms with E-state index >= 15 is 0 Å². The fourth-order valence-electron chi connectivity index (χ4n) is 3.19. The van der Waals surface area contributed by atoms with E-state index < -0.39 is 12.0 Å². The van der Waals surface area contributed by atoms with Gasteiger partial charge in [-0.2, -0.15) is 11.8 Å². The fourth-order valence-corrected chi connectivity index (χ4v) is 4.37. The van der Waals surface area contributed by atoms with Crippen LogP contribution in [0.3, 0.4) is 0 Å². The molecule has 2 heterocycles. The Labute approximate surface area is 131 Å². The van der Waals surface area contributed by atoms with E-state index in [1.54, 1.807) is 4.90 Å². The molecule has 0 aromatic carbocycles. The molecule has 2 aliphatic heterocycles. The van der Waals surface area contributed by atoms with Gasteiger partial charge < -0.3 is 14.9 Å². The Hall–Kier alpha value is -0.910.